The Morgan fingerprint density at radius 1 is 1.44 bits per heavy atom. The van der Waals surface area contributed by atoms with Crippen LogP contribution in [0.15, 0.2) is 29.9 Å². The third kappa shape index (κ3) is 1.50. The molecule has 82 valence electrons. The molecule has 16 heavy (non-hydrogen) atoms. The standard InChI is InChI=1S/C12H12N2OS/c13-11(10-6-14-7-16-10)9-3-1-2-8-4-5-15-12(8)9/h1-3,6-7,11H,4-5,13H2. The summed E-state index contributed by atoms with van der Waals surface area (Å²) in [5, 5.41) is 0. The number of aromatic nitrogens is 1. The van der Waals surface area contributed by atoms with Crippen molar-refractivity contribution in [1.29, 1.82) is 0 Å². The molecule has 1 aromatic carbocycles. The molecule has 3 nitrogen and oxygen atoms in total. The number of rotatable bonds is 2. The molecule has 1 atom stereocenters. The van der Waals surface area contributed by atoms with Crippen LogP contribution in [0.2, 0.25) is 0 Å². The van der Waals surface area contributed by atoms with Gasteiger partial charge in [0.1, 0.15) is 5.75 Å². The van der Waals surface area contributed by atoms with Crippen molar-refractivity contribution in [2.75, 3.05) is 6.61 Å². The van der Waals surface area contributed by atoms with Crippen LogP contribution in [0.1, 0.15) is 22.0 Å². The molecule has 0 saturated heterocycles. The van der Waals surface area contributed by atoms with Crippen molar-refractivity contribution in [2.24, 2.45) is 5.73 Å². The third-order valence-corrected chi connectivity index (χ3v) is 3.70. The molecule has 1 aromatic heterocycles. The number of para-hydroxylation sites is 1. The highest BCUT2D eigenvalue weighted by molar-refractivity contribution is 7.09. The lowest BCUT2D eigenvalue weighted by molar-refractivity contribution is 0.352. The van der Waals surface area contributed by atoms with Gasteiger partial charge >= 0.3 is 0 Å². The predicted octanol–water partition coefficient (Wildman–Crippen LogP) is 2.13. The van der Waals surface area contributed by atoms with Crippen LogP contribution < -0.4 is 10.5 Å². The third-order valence-electron chi connectivity index (χ3n) is 2.84. The number of nitrogens with zero attached hydrogens (tertiary/aromatic N) is 1. The lowest BCUT2D eigenvalue weighted by atomic mass is 10.0. The van der Waals surface area contributed by atoms with Gasteiger partial charge in [0.05, 0.1) is 18.2 Å². The first-order valence-electron chi connectivity index (χ1n) is 5.25. The summed E-state index contributed by atoms with van der Waals surface area (Å²) in [5.74, 6) is 0.975. The molecule has 2 heterocycles. The molecule has 0 radical (unpaired) electrons. The molecule has 0 amide bonds. The molecule has 1 unspecified atom stereocenters. The Morgan fingerprint density at radius 2 is 2.38 bits per heavy atom. The second-order valence-corrected chi connectivity index (χ2v) is 4.73. The van der Waals surface area contributed by atoms with Crippen LogP contribution in [0.5, 0.6) is 5.75 Å². The summed E-state index contributed by atoms with van der Waals surface area (Å²) < 4.78 is 5.65. The van der Waals surface area contributed by atoms with Crippen molar-refractivity contribution in [1.82, 2.24) is 4.98 Å². The lowest BCUT2D eigenvalue weighted by Crippen LogP contribution is -2.11. The fourth-order valence-electron chi connectivity index (χ4n) is 2.02. The van der Waals surface area contributed by atoms with Gasteiger partial charge in [-0.2, -0.15) is 0 Å². The molecule has 4 heteroatoms. The van der Waals surface area contributed by atoms with Crippen LogP contribution in [0, 0.1) is 0 Å². The summed E-state index contributed by atoms with van der Waals surface area (Å²) in [4.78, 5) is 5.13. The summed E-state index contributed by atoms with van der Waals surface area (Å²) in [6.07, 6.45) is 2.81. The largest absolute Gasteiger partial charge is 0.493 e. The van der Waals surface area contributed by atoms with Gasteiger partial charge in [-0.1, -0.05) is 18.2 Å². The van der Waals surface area contributed by atoms with Crippen LogP contribution in [0.4, 0.5) is 0 Å². The molecule has 3 rings (SSSR count). The number of thiazole rings is 1. The minimum atomic E-state index is -0.124. The molecule has 0 aliphatic carbocycles. The highest BCUT2D eigenvalue weighted by Gasteiger charge is 2.21. The molecule has 2 aromatic rings. The van der Waals surface area contributed by atoms with Crippen molar-refractivity contribution in [3.63, 3.8) is 0 Å². The van der Waals surface area contributed by atoms with Gasteiger partial charge in [-0.25, -0.2) is 0 Å². The number of benzene rings is 1. The zero-order valence-corrected chi connectivity index (χ0v) is 9.54. The van der Waals surface area contributed by atoms with Crippen molar-refractivity contribution < 1.29 is 4.74 Å². The van der Waals surface area contributed by atoms with Crippen molar-refractivity contribution in [3.05, 3.63) is 45.9 Å². The first-order valence-corrected chi connectivity index (χ1v) is 6.13. The average molecular weight is 232 g/mol. The number of ether oxygens (including phenoxy) is 1. The van der Waals surface area contributed by atoms with Crippen LogP contribution >= 0.6 is 11.3 Å². The number of nitrogens with two attached hydrogens (primary N) is 1. The number of fused-ring (bicyclic) bond motifs is 1. The molecular formula is C12H12N2OS. The molecular weight excluding hydrogens is 220 g/mol. The van der Waals surface area contributed by atoms with Gasteiger partial charge in [0.15, 0.2) is 0 Å². The Labute approximate surface area is 97.9 Å². The topological polar surface area (TPSA) is 48.1 Å². The summed E-state index contributed by atoms with van der Waals surface area (Å²) >= 11 is 1.58. The molecule has 0 fully saturated rings. The van der Waals surface area contributed by atoms with Crippen LogP contribution in [-0.2, 0) is 6.42 Å². The van der Waals surface area contributed by atoms with Gasteiger partial charge in [-0.15, -0.1) is 11.3 Å². The van der Waals surface area contributed by atoms with E-state index in [0.717, 1.165) is 29.2 Å². The van der Waals surface area contributed by atoms with Gasteiger partial charge in [0.2, 0.25) is 0 Å². The zero-order valence-electron chi connectivity index (χ0n) is 8.72. The molecule has 0 bridgehead atoms. The Morgan fingerprint density at radius 3 is 3.19 bits per heavy atom. The van der Waals surface area contributed by atoms with Gasteiger partial charge in [-0.3, -0.25) is 4.98 Å². The fourth-order valence-corrected chi connectivity index (χ4v) is 2.66. The predicted molar refractivity (Wildman–Crippen MR) is 63.8 cm³/mol. The Kier molecular flexibility index (Phi) is 2.38. The summed E-state index contributed by atoms with van der Waals surface area (Å²) in [7, 11) is 0. The SMILES string of the molecule is NC(c1cncs1)c1cccc2c1OCC2. The second-order valence-electron chi connectivity index (χ2n) is 3.82. The molecule has 0 saturated carbocycles. The van der Waals surface area contributed by atoms with Crippen molar-refractivity contribution in [3.8, 4) is 5.75 Å². The lowest BCUT2D eigenvalue weighted by Gasteiger charge is -2.13. The fraction of sp³-hybridized carbons (Fsp3) is 0.250. The minimum absolute atomic E-state index is 0.124. The van der Waals surface area contributed by atoms with E-state index >= 15 is 0 Å². The van der Waals surface area contributed by atoms with Gasteiger partial charge in [0, 0.05) is 23.1 Å². The van der Waals surface area contributed by atoms with E-state index < -0.39 is 0 Å². The maximum atomic E-state index is 6.22. The van der Waals surface area contributed by atoms with Gasteiger partial charge in [-0.05, 0) is 5.56 Å². The quantitative estimate of drug-likeness (QED) is 0.862. The molecule has 1 aliphatic rings. The Balaban J connectivity index is 2.04. The zero-order chi connectivity index (χ0) is 11.0. The summed E-state index contributed by atoms with van der Waals surface area (Å²) in [5.41, 5.74) is 10.4. The summed E-state index contributed by atoms with van der Waals surface area (Å²) in [6.45, 7) is 0.766. The van der Waals surface area contributed by atoms with Crippen molar-refractivity contribution in [2.45, 2.75) is 12.5 Å². The number of hydrogen-bond donors (Lipinski definition) is 1. The van der Waals surface area contributed by atoms with Crippen LogP contribution in [-0.4, -0.2) is 11.6 Å². The highest BCUT2D eigenvalue weighted by Crippen LogP contribution is 2.35. The normalized spacial score (nSPS) is 15.6. The van der Waals surface area contributed by atoms with Gasteiger partial charge < -0.3 is 10.5 Å². The van der Waals surface area contributed by atoms with Gasteiger partial charge in [0.25, 0.3) is 0 Å². The van der Waals surface area contributed by atoms with E-state index in [-0.39, 0.29) is 6.04 Å². The first kappa shape index (κ1) is 9.81. The monoisotopic (exact) mass is 232 g/mol. The maximum Gasteiger partial charge on any atom is 0.127 e. The van der Waals surface area contributed by atoms with E-state index in [4.69, 9.17) is 10.5 Å². The maximum absolute atomic E-state index is 6.22. The smallest absolute Gasteiger partial charge is 0.127 e. The molecule has 1 aliphatic heterocycles. The van der Waals surface area contributed by atoms with Crippen molar-refractivity contribution >= 4 is 11.3 Å². The van der Waals surface area contributed by atoms with Crippen LogP contribution in [0.3, 0.4) is 0 Å². The highest BCUT2D eigenvalue weighted by atomic mass is 32.1. The van der Waals surface area contributed by atoms with E-state index in [9.17, 15) is 0 Å². The van der Waals surface area contributed by atoms with Crippen LogP contribution in [0.25, 0.3) is 0 Å². The van der Waals surface area contributed by atoms with E-state index in [0.29, 0.717) is 0 Å². The second kappa shape index (κ2) is 3.88. The Hall–Kier alpha value is -1.39. The van der Waals surface area contributed by atoms with E-state index in [2.05, 4.69) is 11.1 Å². The first-order chi connectivity index (χ1) is 7.86. The van der Waals surface area contributed by atoms with E-state index in [1.54, 1.807) is 16.8 Å². The molecule has 2 N–H and O–H groups in total. The minimum Gasteiger partial charge on any atom is -0.493 e. The molecule has 0 spiro atoms. The Bertz CT molecular complexity index is 496. The summed E-state index contributed by atoms with van der Waals surface area (Å²) in [6, 6.07) is 6.06. The number of hydrogen-bond acceptors (Lipinski definition) is 4. The average Bonchev–Trinajstić information content (AvgIpc) is 2.98. The van der Waals surface area contributed by atoms with E-state index in [1.165, 1.54) is 5.56 Å². The van der Waals surface area contributed by atoms with E-state index in [1.807, 2.05) is 18.3 Å².